The number of hydrogen-bond donors (Lipinski definition) is 4. The molecule has 5 nitrogen and oxygen atoms in total. The molecule has 0 aliphatic rings. The van der Waals surface area contributed by atoms with Crippen LogP contribution in [0.2, 0.25) is 0 Å². The molecule has 4 N–H and O–H groups in total. The molecule has 0 saturated heterocycles. The van der Waals surface area contributed by atoms with E-state index < -0.39 is 0 Å². The van der Waals surface area contributed by atoms with Crippen LogP contribution in [0.15, 0.2) is 48.5 Å². The third kappa shape index (κ3) is 5.46. The van der Waals surface area contributed by atoms with Crippen molar-refractivity contribution in [2.45, 2.75) is 11.8 Å². The Balaban J connectivity index is 0.00000312. The number of carbonyl (C=O) groups excluding carboxylic acids is 1. The minimum atomic E-state index is -0.317. The highest BCUT2D eigenvalue weighted by atomic mass is 35.5. The molecule has 0 aliphatic carbocycles. The maximum atomic E-state index is 13.2. The van der Waals surface area contributed by atoms with Crippen molar-refractivity contribution < 1.29 is 15.0 Å². The second kappa shape index (κ2) is 10.0. The monoisotopic (exact) mass is 364 g/mol. The van der Waals surface area contributed by atoms with Crippen LogP contribution in [-0.4, -0.2) is 43.2 Å². The fourth-order valence-electron chi connectivity index (χ4n) is 2.83. The second-order valence-electron chi connectivity index (χ2n) is 5.81. The number of ketones is 1. The lowest BCUT2D eigenvalue weighted by atomic mass is 9.83. The average Bonchev–Trinajstić information content (AvgIpc) is 2.59. The number of phenolic OH excluding ortho intramolecular Hbond substituents is 2. The van der Waals surface area contributed by atoms with E-state index in [1.54, 1.807) is 48.5 Å². The lowest BCUT2D eigenvalue weighted by Crippen LogP contribution is -2.32. The third-order valence-corrected chi connectivity index (χ3v) is 4.09. The Labute approximate surface area is 154 Å². The number of Topliss-reactive ketones (excluding diaryl/α,β-unsaturated/α-hetero) is 1. The number of nitrogens with one attached hydrogen (secondary N) is 2. The van der Waals surface area contributed by atoms with E-state index in [4.69, 9.17) is 0 Å². The maximum Gasteiger partial charge on any atom is 0.150 e. The molecule has 136 valence electrons. The summed E-state index contributed by atoms with van der Waals surface area (Å²) in [5, 5.41) is 25.1. The van der Waals surface area contributed by atoms with Crippen LogP contribution in [0, 0.1) is 0 Å². The molecule has 2 rings (SSSR count). The van der Waals surface area contributed by atoms with Gasteiger partial charge in [-0.25, -0.2) is 0 Å². The zero-order chi connectivity index (χ0) is 17.5. The normalized spacial score (nSPS) is 12.9. The Hall–Kier alpha value is -2.08. The zero-order valence-electron chi connectivity index (χ0n) is 14.4. The molecular weight excluding hydrogens is 340 g/mol. The highest BCUT2D eigenvalue weighted by Gasteiger charge is 2.28. The first-order valence-electron chi connectivity index (χ1n) is 7.97. The van der Waals surface area contributed by atoms with Gasteiger partial charge in [-0.05, 0) is 49.5 Å². The van der Waals surface area contributed by atoms with Crippen LogP contribution < -0.4 is 10.6 Å². The molecule has 2 aromatic rings. The van der Waals surface area contributed by atoms with E-state index in [0.717, 1.165) is 11.1 Å². The maximum absolute atomic E-state index is 13.2. The molecule has 0 radical (unpaired) electrons. The van der Waals surface area contributed by atoms with Crippen molar-refractivity contribution >= 4 is 18.2 Å². The summed E-state index contributed by atoms with van der Waals surface area (Å²) in [7, 11) is 3.63. The summed E-state index contributed by atoms with van der Waals surface area (Å²) in [5.74, 6) is -0.181. The topological polar surface area (TPSA) is 81.6 Å². The van der Waals surface area contributed by atoms with Gasteiger partial charge in [0, 0.05) is 13.1 Å². The van der Waals surface area contributed by atoms with E-state index in [2.05, 4.69) is 10.6 Å². The van der Waals surface area contributed by atoms with E-state index in [9.17, 15) is 15.0 Å². The number of hydrogen-bond acceptors (Lipinski definition) is 5. The summed E-state index contributed by atoms with van der Waals surface area (Å²) in [6.45, 7) is 1.03. The van der Waals surface area contributed by atoms with Crippen molar-refractivity contribution in [2.75, 3.05) is 27.2 Å². The molecule has 0 amide bonds. The van der Waals surface area contributed by atoms with Crippen LogP contribution in [0.25, 0.3) is 0 Å². The zero-order valence-corrected chi connectivity index (χ0v) is 15.2. The van der Waals surface area contributed by atoms with Gasteiger partial charge in [-0.3, -0.25) is 4.79 Å². The number of halogens is 1. The van der Waals surface area contributed by atoms with Gasteiger partial charge in [0.15, 0.2) is 0 Å². The van der Waals surface area contributed by atoms with Crippen molar-refractivity contribution in [1.82, 2.24) is 10.6 Å². The van der Waals surface area contributed by atoms with Crippen LogP contribution in [0.5, 0.6) is 11.5 Å². The Morgan fingerprint density at radius 3 is 1.40 bits per heavy atom. The number of aromatic hydroxyl groups is 2. The number of phenols is 2. The van der Waals surface area contributed by atoms with Gasteiger partial charge in [0.2, 0.25) is 0 Å². The number of rotatable bonds is 8. The van der Waals surface area contributed by atoms with Crippen LogP contribution >= 0.6 is 12.4 Å². The van der Waals surface area contributed by atoms with Gasteiger partial charge < -0.3 is 20.8 Å². The van der Waals surface area contributed by atoms with E-state index in [0.29, 0.717) is 13.1 Å². The molecule has 2 aromatic carbocycles. The molecule has 6 heteroatoms. The van der Waals surface area contributed by atoms with Gasteiger partial charge in [0.25, 0.3) is 0 Å². The lowest BCUT2D eigenvalue weighted by molar-refractivity contribution is -0.121. The first-order valence-corrected chi connectivity index (χ1v) is 7.97. The molecule has 0 bridgehead atoms. The smallest absolute Gasteiger partial charge is 0.150 e. The Morgan fingerprint density at radius 2 is 1.12 bits per heavy atom. The van der Waals surface area contributed by atoms with E-state index in [1.807, 2.05) is 14.1 Å². The molecule has 0 fully saturated rings. The minimum Gasteiger partial charge on any atom is -0.508 e. The van der Waals surface area contributed by atoms with Gasteiger partial charge in [-0.2, -0.15) is 0 Å². The summed E-state index contributed by atoms with van der Waals surface area (Å²) in [6.07, 6.45) is 0. The molecular formula is C19H25ClN2O3. The molecule has 0 aromatic heterocycles. The first kappa shape index (κ1) is 21.0. The van der Waals surface area contributed by atoms with Crippen molar-refractivity contribution in [3.8, 4) is 11.5 Å². The number of benzene rings is 2. The van der Waals surface area contributed by atoms with E-state index in [1.165, 1.54) is 0 Å². The van der Waals surface area contributed by atoms with Gasteiger partial charge in [0.1, 0.15) is 17.3 Å². The molecule has 2 unspecified atom stereocenters. The summed E-state index contributed by atoms with van der Waals surface area (Å²) in [4.78, 5) is 13.2. The predicted octanol–water partition coefficient (Wildman–Crippen LogP) is 2.39. The van der Waals surface area contributed by atoms with Crippen LogP contribution in [-0.2, 0) is 4.79 Å². The van der Waals surface area contributed by atoms with Gasteiger partial charge in [-0.1, -0.05) is 24.3 Å². The lowest BCUT2D eigenvalue weighted by Gasteiger charge is -2.23. The summed E-state index contributed by atoms with van der Waals surface area (Å²) in [5.41, 5.74) is 1.74. The molecule has 0 spiro atoms. The third-order valence-electron chi connectivity index (χ3n) is 4.09. The Kier molecular flexibility index (Phi) is 8.41. The SMILES string of the molecule is CNCC(C(=O)C(CNC)c1ccc(O)cc1)c1ccc(O)cc1.Cl. The minimum absolute atomic E-state index is 0. The average molecular weight is 365 g/mol. The molecule has 0 aliphatic heterocycles. The molecule has 25 heavy (non-hydrogen) atoms. The van der Waals surface area contributed by atoms with Crippen LogP contribution in [0.1, 0.15) is 23.0 Å². The number of carbonyl (C=O) groups is 1. The van der Waals surface area contributed by atoms with Gasteiger partial charge in [-0.15, -0.1) is 12.4 Å². The van der Waals surface area contributed by atoms with Crippen LogP contribution in [0.3, 0.4) is 0 Å². The van der Waals surface area contributed by atoms with E-state index in [-0.39, 0.29) is 41.5 Å². The summed E-state index contributed by atoms with van der Waals surface area (Å²) in [6, 6.07) is 13.5. The van der Waals surface area contributed by atoms with Gasteiger partial charge in [0.05, 0.1) is 11.8 Å². The number of likely N-dealkylation sites (N-methyl/N-ethyl adjacent to an activating group) is 2. The molecule has 0 heterocycles. The van der Waals surface area contributed by atoms with Crippen molar-refractivity contribution in [1.29, 1.82) is 0 Å². The molecule has 2 atom stereocenters. The van der Waals surface area contributed by atoms with Crippen LogP contribution in [0.4, 0.5) is 0 Å². The Bertz CT molecular complexity index is 602. The standard InChI is InChI=1S/C19H24N2O3.ClH/c1-20-11-17(13-3-7-15(22)8-4-13)19(24)18(12-21-2)14-5-9-16(23)10-6-14;/h3-10,17-18,20-23H,11-12H2,1-2H3;1H. The second-order valence-corrected chi connectivity index (χ2v) is 5.81. The fraction of sp³-hybridized carbons (Fsp3) is 0.316. The summed E-state index contributed by atoms with van der Waals surface area (Å²) < 4.78 is 0. The summed E-state index contributed by atoms with van der Waals surface area (Å²) >= 11 is 0. The van der Waals surface area contributed by atoms with Crippen molar-refractivity contribution in [3.05, 3.63) is 59.7 Å². The van der Waals surface area contributed by atoms with E-state index >= 15 is 0 Å². The largest absolute Gasteiger partial charge is 0.508 e. The fourth-order valence-corrected chi connectivity index (χ4v) is 2.83. The predicted molar refractivity (Wildman–Crippen MR) is 102 cm³/mol. The Morgan fingerprint density at radius 1 is 0.800 bits per heavy atom. The first-order chi connectivity index (χ1) is 11.6. The highest BCUT2D eigenvalue weighted by molar-refractivity contribution is 5.92. The van der Waals surface area contributed by atoms with Crippen molar-refractivity contribution in [3.63, 3.8) is 0 Å². The molecule has 0 saturated carbocycles. The quantitative estimate of drug-likeness (QED) is 0.578. The van der Waals surface area contributed by atoms with Crippen molar-refractivity contribution in [2.24, 2.45) is 0 Å². The van der Waals surface area contributed by atoms with Gasteiger partial charge >= 0.3 is 0 Å². The highest BCUT2D eigenvalue weighted by Crippen LogP contribution is 2.28.